The lowest BCUT2D eigenvalue weighted by Gasteiger charge is -2.38. The van der Waals surface area contributed by atoms with Crippen LogP contribution in [0.5, 0.6) is 0 Å². The van der Waals surface area contributed by atoms with E-state index in [1.807, 2.05) is 6.08 Å². The Balaban J connectivity index is 0.809. The van der Waals surface area contributed by atoms with Crippen LogP contribution in [0.4, 0.5) is 34.1 Å². The molecule has 4 aliphatic carbocycles. The first-order valence-corrected chi connectivity index (χ1v) is 36.7. The highest BCUT2D eigenvalue weighted by Gasteiger charge is 2.49. The molecule has 14 aromatic rings. The fourth-order valence-electron chi connectivity index (χ4n) is 18.1. The molecule has 0 N–H and O–H groups in total. The van der Waals surface area contributed by atoms with Crippen LogP contribution in [0.3, 0.4) is 0 Å². The smallest absolute Gasteiger partial charge is 0.0540 e. The predicted molar refractivity (Wildman–Crippen MR) is 436 cm³/mol. The molecule has 0 spiro atoms. The molecule has 0 saturated carbocycles. The molecule has 2 heteroatoms. The second-order valence-electron chi connectivity index (χ2n) is 28.6. The van der Waals surface area contributed by atoms with E-state index in [2.05, 4.69) is 376 Å². The lowest BCUT2D eigenvalue weighted by molar-refractivity contribution is 0.514. The molecule has 0 saturated heterocycles. The first-order chi connectivity index (χ1) is 50.9. The maximum absolute atomic E-state index is 4.23. The fraction of sp³-hybridized carbons (Fsp3) is 0.109. The van der Waals surface area contributed by atoms with Crippen LogP contribution in [-0.4, -0.2) is 0 Å². The van der Waals surface area contributed by atoms with Crippen molar-refractivity contribution < 1.29 is 0 Å². The minimum absolute atomic E-state index is 0.342. The van der Waals surface area contributed by atoms with E-state index < -0.39 is 5.41 Å². The lowest BCUT2D eigenvalue weighted by Crippen LogP contribution is -2.30. The Morgan fingerprint density at radius 1 is 0.379 bits per heavy atom. The second kappa shape index (κ2) is 26.4. The molecule has 3 atom stereocenters. The van der Waals surface area contributed by atoms with Gasteiger partial charge in [-0.05, 0) is 235 Å². The number of benzene rings is 14. The molecular weight excluding hydrogens is 1240 g/mol. The Bertz CT molecular complexity index is 5680. The van der Waals surface area contributed by atoms with Gasteiger partial charge in [0.2, 0.25) is 0 Å². The van der Waals surface area contributed by atoms with Gasteiger partial charge in [0.15, 0.2) is 0 Å². The molecule has 0 amide bonds. The summed E-state index contributed by atoms with van der Waals surface area (Å²) < 4.78 is 0. The van der Waals surface area contributed by atoms with Crippen molar-refractivity contribution in [3.05, 3.63) is 420 Å². The van der Waals surface area contributed by atoms with Crippen LogP contribution in [0.2, 0.25) is 0 Å². The maximum Gasteiger partial charge on any atom is 0.0540 e. The van der Waals surface area contributed by atoms with Crippen LogP contribution >= 0.6 is 0 Å². The molecule has 494 valence electrons. The van der Waals surface area contributed by atoms with Gasteiger partial charge in [0.1, 0.15) is 0 Å². The number of anilines is 6. The average molecular weight is 1320 g/mol. The highest BCUT2D eigenvalue weighted by atomic mass is 15.2. The van der Waals surface area contributed by atoms with Gasteiger partial charge in [0, 0.05) is 38.9 Å². The number of fused-ring (bicyclic) bond motifs is 7. The summed E-state index contributed by atoms with van der Waals surface area (Å²) in [6.45, 7) is 10.7. The Hall–Kier alpha value is -12.1. The summed E-state index contributed by atoms with van der Waals surface area (Å²) in [5.41, 5.74) is 31.8. The number of nitrogens with zero attached hydrogens (tertiary/aromatic N) is 2. The minimum Gasteiger partial charge on any atom is -0.310 e. The second-order valence-corrected chi connectivity index (χ2v) is 28.6. The Morgan fingerprint density at radius 2 is 0.835 bits per heavy atom. The summed E-state index contributed by atoms with van der Waals surface area (Å²) in [7, 11) is 0. The molecule has 0 bridgehead atoms. The normalized spacial score (nSPS) is 17.2. The highest BCUT2D eigenvalue weighted by Crippen LogP contribution is 2.61. The van der Waals surface area contributed by atoms with Gasteiger partial charge in [-0.1, -0.05) is 303 Å². The quantitative estimate of drug-likeness (QED) is 0.0839. The van der Waals surface area contributed by atoms with Crippen molar-refractivity contribution in [2.75, 3.05) is 9.80 Å². The van der Waals surface area contributed by atoms with Crippen LogP contribution in [0, 0.1) is 5.92 Å². The number of rotatable bonds is 17. The minimum atomic E-state index is -0.495. The Kier molecular flexibility index (Phi) is 16.2. The maximum atomic E-state index is 4.23. The van der Waals surface area contributed by atoms with Crippen LogP contribution < -0.4 is 9.80 Å². The van der Waals surface area contributed by atoms with E-state index in [1.165, 1.54) is 111 Å². The summed E-state index contributed by atoms with van der Waals surface area (Å²) in [6, 6.07) is 123. The molecule has 0 aliphatic heterocycles. The first kappa shape index (κ1) is 63.1. The molecule has 2 nitrogen and oxygen atoms in total. The zero-order valence-corrected chi connectivity index (χ0v) is 58.3. The summed E-state index contributed by atoms with van der Waals surface area (Å²) in [4.78, 5) is 5.06. The van der Waals surface area contributed by atoms with Crippen molar-refractivity contribution in [3.63, 3.8) is 0 Å². The largest absolute Gasteiger partial charge is 0.310 e. The van der Waals surface area contributed by atoms with Crippen molar-refractivity contribution in [2.24, 2.45) is 5.92 Å². The van der Waals surface area contributed by atoms with Crippen molar-refractivity contribution in [3.8, 4) is 44.5 Å². The lowest BCUT2D eigenvalue weighted by atomic mass is 9.65. The zero-order valence-electron chi connectivity index (χ0n) is 58.3. The van der Waals surface area contributed by atoms with Gasteiger partial charge < -0.3 is 9.80 Å². The fourth-order valence-corrected chi connectivity index (χ4v) is 18.1. The van der Waals surface area contributed by atoms with Crippen LogP contribution in [0.15, 0.2) is 376 Å². The van der Waals surface area contributed by atoms with E-state index in [-0.39, 0.29) is 5.41 Å². The van der Waals surface area contributed by atoms with E-state index in [0.29, 0.717) is 5.92 Å². The van der Waals surface area contributed by atoms with Gasteiger partial charge >= 0.3 is 0 Å². The third-order valence-corrected chi connectivity index (χ3v) is 23.1. The molecule has 103 heavy (non-hydrogen) atoms. The molecular formula is C101H80N2. The Labute approximate surface area is 606 Å². The average Bonchev–Trinajstić information content (AvgIpc) is 1.56. The van der Waals surface area contributed by atoms with Gasteiger partial charge in [-0.2, -0.15) is 0 Å². The van der Waals surface area contributed by atoms with Gasteiger partial charge in [-0.25, -0.2) is 0 Å². The van der Waals surface area contributed by atoms with Crippen molar-refractivity contribution in [1.82, 2.24) is 0 Å². The summed E-state index contributed by atoms with van der Waals surface area (Å²) in [5, 5.41) is 4.70. The zero-order chi connectivity index (χ0) is 69.0. The van der Waals surface area contributed by atoms with Crippen molar-refractivity contribution >= 4 is 67.3 Å². The van der Waals surface area contributed by atoms with Gasteiger partial charge in [0.25, 0.3) is 0 Å². The topological polar surface area (TPSA) is 6.48 Å². The monoisotopic (exact) mass is 1320 g/mol. The van der Waals surface area contributed by atoms with Crippen LogP contribution in [0.25, 0.3) is 77.7 Å². The third-order valence-electron chi connectivity index (χ3n) is 23.1. The van der Waals surface area contributed by atoms with Gasteiger partial charge in [-0.15, -0.1) is 6.58 Å². The van der Waals surface area contributed by atoms with E-state index in [4.69, 9.17) is 0 Å². The third kappa shape index (κ3) is 10.9. The molecule has 3 unspecified atom stereocenters. The molecule has 4 aliphatic rings. The molecule has 0 fully saturated rings. The van der Waals surface area contributed by atoms with E-state index in [1.54, 1.807) is 11.1 Å². The number of allylic oxidation sites excluding steroid dienone is 7. The standard InChI is InChI=1S/C101H80N2/c1-4-70-41-45-72(46-42-70)67-100(78-30-14-8-15-31-78)93-39-23-22-36-88(93)89-59-57-82(65-95(89)100)102(80-53-49-76(50-54-80)74-26-10-6-11-27-74)97-63-61-86(84-34-18-20-37-90(84)97)87-62-64-98(91-38-21-19-35-85(87)91)103(81-55-51-77(52-56-81)75-28-12-7-13-29-75)83-58-60-92-96(66-83)101(79-32-16-9-17-33-79,94-40-24-25-69(3)99(92)94)68-73-47-43-71(5-2)44-48-73/h4-23,25-39,41-42,45-47,49-66,71H,1-2,24,40,43-44,48,67-68H2,3H3. The van der Waals surface area contributed by atoms with E-state index in [0.717, 1.165) is 90.0 Å². The molecule has 0 aromatic heterocycles. The summed E-state index contributed by atoms with van der Waals surface area (Å²) >= 11 is 0. The van der Waals surface area contributed by atoms with Crippen molar-refractivity contribution in [2.45, 2.75) is 62.7 Å². The van der Waals surface area contributed by atoms with Crippen molar-refractivity contribution in [1.29, 1.82) is 0 Å². The molecule has 18 rings (SSSR count). The van der Waals surface area contributed by atoms with Crippen LogP contribution in [0.1, 0.15) is 90.0 Å². The molecule has 0 radical (unpaired) electrons. The van der Waals surface area contributed by atoms with Gasteiger partial charge in [-0.3, -0.25) is 0 Å². The summed E-state index contributed by atoms with van der Waals surface area (Å²) in [6.07, 6.45) is 16.2. The Morgan fingerprint density at radius 3 is 1.37 bits per heavy atom. The highest BCUT2D eigenvalue weighted by molar-refractivity contribution is 6.13. The van der Waals surface area contributed by atoms with Gasteiger partial charge in [0.05, 0.1) is 16.8 Å². The predicted octanol–water partition coefficient (Wildman–Crippen LogP) is 27.2. The SMILES string of the molecule is C=Cc1ccc(CC2(c3ccccc3)c3ccccc3-c3ccc(N(c4ccc(-c5ccccc5)cc4)c4ccc(-c5ccc(N(c6ccc(-c7ccccc7)cc6)c6ccc7c(c6)C(CC6=CCC(C=C)CC6)(c6ccccc6)C6=C7C(C)=CCC6)c6ccccc56)c5ccccc45)cc32)cc1. The number of hydrogen-bond donors (Lipinski definition) is 0. The van der Waals surface area contributed by atoms with E-state index in [9.17, 15) is 0 Å². The number of hydrogen-bond acceptors (Lipinski definition) is 2. The summed E-state index contributed by atoms with van der Waals surface area (Å²) in [5.74, 6) is 0.524. The first-order valence-electron chi connectivity index (χ1n) is 36.7. The van der Waals surface area contributed by atoms with Crippen LogP contribution in [-0.2, 0) is 17.3 Å². The molecule has 0 heterocycles. The molecule has 14 aromatic carbocycles. The van der Waals surface area contributed by atoms with E-state index >= 15 is 0 Å².